The Hall–Kier alpha value is -1.43. The number of β-lactam (4-membered cyclic amide) rings is 1. The lowest BCUT2D eigenvalue weighted by molar-refractivity contribution is -0.201. The van der Waals surface area contributed by atoms with E-state index < -0.39 is 12.1 Å². The van der Waals surface area contributed by atoms with Crippen LogP contribution in [0.1, 0.15) is 5.56 Å². The van der Waals surface area contributed by atoms with Gasteiger partial charge in [0, 0.05) is 6.54 Å². The average Bonchev–Trinajstić information content (AvgIpc) is 2.41. The standard InChI is InChI=1S/C13H17NO4/c15-6-7-18-13-11(9-16)12(17)14(13)8-10-4-2-1-3-5-10/h1-5,11,13,15-16H,6-9H2/t11-,13+/m0/s1. The molecule has 0 aliphatic carbocycles. The molecule has 2 atom stereocenters. The number of benzene rings is 1. The molecule has 5 nitrogen and oxygen atoms in total. The second-order valence-corrected chi connectivity index (χ2v) is 4.23. The summed E-state index contributed by atoms with van der Waals surface area (Å²) in [6.07, 6.45) is -0.435. The first kappa shape index (κ1) is 13.0. The van der Waals surface area contributed by atoms with Crippen molar-refractivity contribution < 1.29 is 19.7 Å². The lowest BCUT2D eigenvalue weighted by Gasteiger charge is -2.45. The molecule has 1 amide bonds. The maximum absolute atomic E-state index is 11.8. The summed E-state index contributed by atoms with van der Waals surface area (Å²) >= 11 is 0. The minimum absolute atomic E-state index is 0.0952. The summed E-state index contributed by atoms with van der Waals surface area (Å²) < 4.78 is 5.38. The Morgan fingerprint density at radius 1 is 1.22 bits per heavy atom. The van der Waals surface area contributed by atoms with Gasteiger partial charge >= 0.3 is 0 Å². The summed E-state index contributed by atoms with van der Waals surface area (Å²) in [7, 11) is 0. The zero-order valence-electron chi connectivity index (χ0n) is 10.0. The van der Waals surface area contributed by atoms with Crippen LogP contribution in [0.25, 0.3) is 0 Å². The zero-order valence-corrected chi connectivity index (χ0v) is 10.0. The van der Waals surface area contributed by atoms with Crippen LogP contribution in [-0.2, 0) is 16.1 Å². The van der Waals surface area contributed by atoms with Gasteiger partial charge < -0.3 is 19.8 Å². The van der Waals surface area contributed by atoms with E-state index >= 15 is 0 Å². The molecule has 1 aliphatic heterocycles. The Kier molecular flexibility index (Phi) is 4.30. The van der Waals surface area contributed by atoms with Crippen LogP contribution in [0.5, 0.6) is 0 Å². The van der Waals surface area contributed by atoms with Gasteiger partial charge in [0.1, 0.15) is 12.1 Å². The summed E-state index contributed by atoms with van der Waals surface area (Å²) in [4.78, 5) is 13.4. The fourth-order valence-electron chi connectivity index (χ4n) is 2.09. The summed E-state index contributed by atoms with van der Waals surface area (Å²) in [5.74, 6) is -0.607. The molecular formula is C13H17NO4. The van der Waals surface area contributed by atoms with Crippen LogP contribution in [0.15, 0.2) is 30.3 Å². The molecule has 18 heavy (non-hydrogen) atoms. The molecule has 1 aromatic carbocycles. The molecule has 98 valence electrons. The largest absolute Gasteiger partial charge is 0.395 e. The van der Waals surface area contributed by atoms with E-state index in [2.05, 4.69) is 0 Å². The first-order valence-corrected chi connectivity index (χ1v) is 5.95. The van der Waals surface area contributed by atoms with Crippen LogP contribution in [0.3, 0.4) is 0 Å². The number of ether oxygens (including phenoxy) is 1. The number of rotatable bonds is 6. The lowest BCUT2D eigenvalue weighted by atomic mass is 9.95. The van der Waals surface area contributed by atoms with Gasteiger partial charge in [-0.3, -0.25) is 4.79 Å². The van der Waals surface area contributed by atoms with E-state index in [1.165, 1.54) is 0 Å². The lowest BCUT2D eigenvalue weighted by Crippen LogP contribution is -2.62. The van der Waals surface area contributed by atoms with Crippen LogP contribution in [-0.4, -0.2) is 47.1 Å². The van der Waals surface area contributed by atoms with Gasteiger partial charge in [0.2, 0.25) is 5.91 Å². The minimum atomic E-state index is -0.500. The van der Waals surface area contributed by atoms with Crippen molar-refractivity contribution in [1.82, 2.24) is 4.90 Å². The molecule has 1 saturated heterocycles. The van der Waals surface area contributed by atoms with Gasteiger partial charge in [-0.2, -0.15) is 0 Å². The van der Waals surface area contributed by atoms with E-state index in [0.717, 1.165) is 5.56 Å². The van der Waals surface area contributed by atoms with E-state index in [1.807, 2.05) is 30.3 Å². The number of nitrogens with zero attached hydrogens (tertiary/aromatic N) is 1. The third-order valence-electron chi connectivity index (χ3n) is 3.02. The van der Waals surface area contributed by atoms with E-state index in [1.54, 1.807) is 4.90 Å². The Morgan fingerprint density at radius 3 is 2.56 bits per heavy atom. The number of hydrogen-bond donors (Lipinski definition) is 2. The smallest absolute Gasteiger partial charge is 0.234 e. The number of aliphatic hydroxyl groups excluding tert-OH is 2. The second-order valence-electron chi connectivity index (χ2n) is 4.23. The van der Waals surface area contributed by atoms with Crippen molar-refractivity contribution in [1.29, 1.82) is 0 Å². The Labute approximate surface area is 106 Å². The van der Waals surface area contributed by atoms with Gasteiger partial charge in [0.15, 0.2) is 0 Å². The number of carbonyl (C=O) groups is 1. The van der Waals surface area contributed by atoms with Crippen molar-refractivity contribution in [2.45, 2.75) is 12.8 Å². The maximum Gasteiger partial charge on any atom is 0.234 e. The molecule has 2 rings (SSSR count). The van der Waals surface area contributed by atoms with Crippen molar-refractivity contribution in [3.63, 3.8) is 0 Å². The molecule has 0 saturated carbocycles. The summed E-state index contributed by atoms with van der Waals surface area (Å²) in [6, 6.07) is 9.60. The van der Waals surface area contributed by atoms with Crippen molar-refractivity contribution in [2.24, 2.45) is 5.92 Å². The van der Waals surface area contributed by atoms with E-state index in [-0.39, 0.29) is 25.7 Å². The fourth-order valence-corrected chi connectivity index (χ4v) is 2.09. The van der Waals surface area contributed by atoms with Crippen molar-refractivity contribution in [2.75, 3.05) is 19.8 Å². The van der Waals surface area contributed by atoms with Crippen LogP contribution in [0.2, 0.25) is 0 Å². The summed E-state index contributed by atoms with van der Waals surface area (Å²) in [5.41, 5.74) is 1.01. The molecule has 1 aromatic rings. The molecule has 1 fully saturated rings. The first-order chi connectivity index (χ1) is 8.77. The number of hydrogen-bond acceptors (Lipinski definition) is 4. The first-order valence-electron chi connectivity index (χ1n) is 5.95. The Morgan fingerprint density at radius 2 is 1.94 bits per heavy atom. The van der Waals surface area contributed by atoms with Crippen LogP contribution < -0.4 is 0 Å². The molecule has 1 aliphatic rings. The van der Waals surface area contributed by atoms with Crippen molar-refractivity contribution in [3.05, 3.63) is 35.9 Å². The third kappa shape index (κ3) is 2.53. The van der Waals surface area contributed by atoms with Gasteiger partial charge in [-0.05, 0) is 5.56 Å². The van der Waals surface area contributed by atoms with Crippen LogP contribution >= 0.6 is 0 Å². The van der Waals surface area contributed by atoms with Crippen LogP contribution in [0.4, 0.5) is 0 Å². The highest BCUT2D eigenvalue weighted by molar-refractivity contribution is 5.85. The van der Waals surface area contributed by atoms with Gasteiger partial charge in [0.05, 0.1) is 19.8 Å². The molecule has 0 spiro atoms. The molecule has 2 N–H and O–H groups in total. The molecule has 0 radical (unpaired) electrons. The topological polar surface area (TPSA) is 70.0 Å². The summed E-state index contributed by atoms with van der Waals surface area (Å²) in [6.45, 7) is 0.314. The highest BCUT2D eigenvalue weighted by atomic mass is 16.5. The quantitative estimate of drug-likeness (QED) is 0.697. The van der Waals surface area contributed by atoms with E-state index in [9.17, 15) is 4.79 Å². The second kappa shape index (κ2) is 5.95. The molecule has 0 unspecified atom stereocenters. The molecular weight excluding hydrogens is 234 g/mol. The normalized spacial score (nSPS) is 23.0. The number of amides is 1. The van der Waals surface area contributed by atoms with Crippen molar-refractivity contribution >= 4 is 5.91 Å². The van der Waals surface area contributed by atoms with E-state index in [4.69, 9.17) is 14.9 Å². The Balaban J connectivity index is 2.00. The molecule has 1 heterocycles. The fraction of sp³-hybridized carbons (Fsp3) is 0.462. The van der Waals surface area contributed by atoms with Gasteiger partial charge in [-0.15, -0.1) is 0 Å². The zero-order chi connectivity index (χ0) is 13.0. The maximum atomic E-state index is 11.8. The summed E-state index contributed by atoms with van der Waals surface area (Å²) in [5, 5.41) is 17.9. The molecule has 0 bridgehead atoms. The Bertz CT molecular complexity index is 395. The highest BCUT2D eigenvalue weighted by Crippen LogP contribution is 2.29. The van der Waals surface area contributed by atoms with E-state index in [0.29, 0.717) is 6.54 Å². The highest BCUT2D eigenvalue weighted by Gasteiger charge is 2.47. The van der Waals surface area contributed by atoms with Gasteiger partial charge in [-0.25, -0.2) is 0 Å². The number of likely N-dealkylation sites (tertiary alicyclic amines) is 1. The monoisotopic (exact) mass is 251 g/mol. The third-order valence-corrected chi connectivity index (χ3v) is 3.02. The average molecular weight is 251 g/mol. The predicted octanol–water partition coefficient (Wildman–Crippen LogP) is -0.0277. The molecule has 0 aromatic heterocycles. The SMILES string of the molecule is O=C1[C@H](CO)[C@@H](OCCO)N1Cc1ccccc1. The number of aliphatic hydroxyl groups is 2. The van der Waals surface area contributed by atoms with Gasteiger partial charge in [-0.1, -0.05) is 30.3 Å². The van der Waals surface area contributed by atoms with Crippen LogP contribution in [0, 0.1) is 5.92 Å². The van der Waals surface area contributed by atoms with Crippen molar-refractivity contribution in [3.8, 4) is 0 Å². The number of carbonyl (C=O) groups excluding carboxylic acids is 1. The molecule has 5 heteroatoms. The minimum Gasteiger partial charge on any atom is -0.395 e. The predicted molar refractivity (Wildman–Crippen MR) is 64.4 cm³/mol. The van der Waals surface area contributed by atoms with Gasteiger partial charge in [0.25, 0.3) is 0 Å².